The number of carbonyl (C=O) groups excluding carboxylic acids is 1. The lowest BCUT2D eigenvalue weighted by Crippen LogP contribution is -2.12. The predicted octanol–water partition coefficient (Wildman–Crippen LogP) is 1.18. The van der Waals surface area contributed by atoms with Crippen molar-refractivity contribution in [2.24, 2.45) is 0 Å². The molecular weight excluding hydrogens is 260 g/mol. The molecule has 1 amide bonds. The first-order valence-electron chi connectivity index (χ1n) is 6.10. The Kier molecular flexibility index (Phi) is 4.09. The number of benzene rings is 1. The second-order valence-electron chi connectivity index (χ2n) is 4.20. The van der Waals surface area contributed by atoms with Crippen LogP contribution in [0.2, 0.25) is 0 Å². The van der Waals surface area contributed by atoms with E-state index < -0.39 is 11.9 Å². The van der Waals surface area contributed by atoms with Crippen LogP contribution in [0.4, 0.5) is 5.69 Å². The summed E-state index contributed by atoms with van der Waals surface area (Å²) in [5, 5.41) is 18.5. The van der Waals surface area contributed by atoms with Crippen LogP contribution >= 0.6 is 0 Å². The zero-order chi connectivity index (χ0) is 14.5. The van der Waals surface area contributed by atoms with Crippen LogP contribution in [-0.4, -0.2) is 32.0 Å². The van der Waals surface area contributed by atoms with Crippen molar-refractivity contribution in [1.29, 1.82) is 0 Å². The van der Waals surface area contributed by atoms with Gasteiger partial charge in [0, 0.05) is 5.69 Å². The maximum atomic E-state index is 11.9. The topological polar surface area (TPSA) is 97.1 Å². The molecule has 1 heterocycles. The fourth-order valence-electron chi connectivity index (χ4n) is 1.64. The number of nitrogens with zero attached hydrogens (tertiary/aromatic N) is 3. The van der Waals surface area contributed by atoms with Gasteiger partial charge in [-0.2, -0.15) is 0 Å². The van der Waals surface area contributed by atoms with Crippen LogP contribution in [0, 0.1) is 0 Å². The van der Waals surface area contributed by atoms with Gasteiger partial charge in [0.15, 0.2) is 5.69 Å². The summed E-state index contributed by atoms with van der Waals surface area (Å²) in [5.74, 6) is -1.47. The molecule has 2 N–H and O–H groups in total. The Morgan fingerprint density at radius 2 is 2.00 bits per heavy atom. The summed E-state index contributed by atoms with van der Waals surface area (Å²) in [6.45, 7) is 1.72. The van der Waals surface area contributed by atoms with E-state index in [-0.39, 0.29) is 12.2 Å². The number of aryl methyl sites for hydroxylation is 1. The molecule has 20 heavy (non-hydrogen) atoms. The lowest BCUT2D eigenvalue weighted by Gasteiger charge is -2.03. The highest BCUT2D eigenvalue weighted by molar-refractivity contribution is 6.02. The Morgan fingerprint density at radius 3 is 2.60 bits per heavy atom. The molecule has 1 aromatic heterocycles. The van der Waals surface area contributed by atoms with Gasteiger partial charge >= 0.3 is 5.97 Å². The molecule has 2 rings (SSSR count). The fraction of sp³-hybridized carbons (Fsp3) is 0.231. The minimum absolute atomic E-state index is 0.0748. The van der Waals surface area contributed by atoms with Crippen LogP contribution in [0.1, 0.15) is 23.0 Å². The maximum Gasteiger partial charge on any atom is 0.325 e. The summed E-state index contributed by atoms with van der Waals surface area (Å²) in [7, 11) is 0. The average molecular weight is 274 g/mol. The summed E-state index contributed by atoms with van der Waals surface area (Å²) < 4.78 is 1.09. The third kappa shape index (κ3) is 3.41. The van der Waals surface area contributed by atoms with E-state index in [1.54, 1.807) is 12.1 Å². The van der Waals surface area contributed by atoms with Gasteiger partial charge in [0.25, 0.3) is 5.91 Å². The molecule has 7 heteroatoms. The van der Waals surface area contributed by atoms with Crippen molar-refractivity contribution in [2.75, 3.05) is 5.32 Å². The van der Waals surface area contributed by atoms with Gasteiger partial charge < -0.3 is 10.4 Å². The van der Waals surface area contributed by atoms with Crippen LogP contribution in [-0.2, 0) is 17.8 Å². The quantitative estimate of drug-likeness (QED) is 0.853. The summed E-state index contributed by atoms with van der Waals surface area (Å²) in [6, 6.07) is 7.46. The van der Waals surface area contributed by atoms with Crippen molar-refractivity contribution in [3.8, 4) is 0 Å². The summed E-state index contributed by atoms with van der Waals surface area (Å²) in [5.41, 5.74) is 1.90. The monoisotopic (exact) mass is 274 g/mol. The molecule has 0 aliphatic rings. The van der Waals surface area contributed by atoms with Crippen molar-refractivity contribution >= 4 is 17.6 Å². The third-order valence-corrected chi connectivity index (χ3v) is 2.69. The molecule has 0 aliphatic heterocycles. The molecule has 7 nitrogen and oxygen atoms in total. The summed E-state index contributed by atoms with van der Waals surface area (Å²) in [4.78, 5) is 22.4. The number of aromatic nitrogens is 3. The smallest absolute Gasteiger partial charge is 0.325 e. The molecular formula is C13H14N4O3. The van der Waals surface area contributed by atoms with Crippen LogP contribution in [0.3, 0.4) is 0 Å². The molecule has 0 fully saturated rings. The average Bonchev–Trinajstić information content (AvgIpc) is 2.87. The number of carbonyl (C=O) groups is 2. The minimum atomic E-state index is -1.04. The molecule has 0 saturated carbocycles. The SMILES string of the molecule is CCc1ccc(NC(=O)c2cn(CC(=O)O)nn2)cc1. The standard InChI is InChI=1S/C13H14N4O3/c1-2-9-3-5-10(6-4-9)14-13(20)11-7-17(16-15-11)8-12(18)19/h3-7H,2,8H2,1H3,(H,14,20)(H,18,19). The first-order chi connectivity index (χ1) is 9.58. The van der Waals surface area contributed by atoms with Crippen LogP contribution in [0.25, 0.3) is 0 Å². The van der Waals surface area contributed by atoms with Gasteiger partial charge in [-0.15, -0.1) is 5.10 Å². The Bertz CT molecular complexity index is 619. The second kappa shape index (κ2) is 5.96. The normalized spacial score (nSPS) is 10.2. The second-order valence-corrected chi connectivity index (χ2v) is 4.20. The van der Waals surface area contributed by atoms with Crippen LogP contribution < -0.4 is 5.32 Å². The molecule has 104 valence electrons. The van der Waals surface area contributed by atoms with E-state index in [1.165, 1.54) is 11.8 Å². The Balaban J connectivity index is 2.03. The molecule has 1 aromatic carbocycles. The van der Waals surface area contributed by atoms with Crippen molar-refractivity contribution < 1.29 is 14.7 Å². The number of rotatable bonds is 5. The number of anilines is 1. The van der Waals surface area contributed by atoms with Crippen molar-refractivity contribution in [3.63, 3.8) is 0 Å². The maximum absolute atomic E-state index is 11.9. The van der Waals surface area contributed by atoms with Crippen molar-refractivity contribution in [2.45, 2.75) is 19.9 Å². The Labute approximate surface area is 115 Å². The summed E-state index contributed by atoms with van der Waals surface area (Å²) in [6.07, 6.45) is 2.22. The first-order valence-corrected chi connectivity index (χ1v) is 6.10. The molecule has 0 unspecified atom stereocenters. The zero-order valence-electron chi connectivity index (χ0n) is 10.9. The summed E-state index contributed by atoms with van der Waals surface area (Å²) >= 11 is 0. The number of aliphatic carboxylic acids is 1. The molecule has 2 aromatic rings. The minimum Gasteiger partial charge on any atom is -0.480 e. The van der Waals surface area contributed by atoms with Crippen LogP contribution in [0.5, 0.6) is 0 Å². The number of carboxylic acids is 1. The van der Waals surface area contributed by atoms with Crippen LogP contribution in [0.15, 0.2) is 30.5 Å². The molecule has 0 aliphatic carbocycles. The largest absolute Gasteiger partial charge is 0.480 e. The van der Waals surface area contributed by atoms with E-state index in [2.05, 4.69) is 15.6 Å². The van der Waals surface area contributed by atoms with Gasteiger partial charge in [-0.1, -0.05) is 24.3 Å². The first kappa shape index (κ1) is 13.7. The van der Waals surface area contributed by atoms with E-state index in [4.69, 9.17) is 5.11 Å². The van der Waals surface area contributed by atoms with E-state index in [9.17, 15) is 9.59 Å². The van der Waals surface area contributed by atoms with Gasteiger partial charge in [0.2, 0.25) is 0 Å². The van der Waals surface area contributed by atoms with E-state index in [0.717, 1.165) is 11.1 Å². The third-order valence-electron chi connectivity index (χ3n) is 2.69. The van der Waals surface area contributed by atoms with Crippen molar-refractivity contribution in [1.82, 2.24) is 15.0 Å². The van der Waals surface area contributed by atoms with Gasteiger partial charge in [0.1, 0.15) is 6.54 Å². The number of hydrogen-bond donors (Lipinski definition) is 2. The lowest BCUT2D eigenvalue weighted by molar-refractivity contribution is -0.137. The zero-order valence-corrected chi connectivity index (χ0v) is 10.9. The van der Waals surface area contributed by atoms with Gasteiger partial charge in [0.05, 0.1) is 6.20 Å². The number of carboxylic acid groups (broad SMARTS) is 1. The van der Waals surface area contributed by atoms with E-state index >= 15 is 0 Å². The number of hydrogen-bond acceptors (Lipinski definition) is 4. The van der Waals surface area contributed by atoms with Gasteiger partial charge in [-0.05, 0) is 24.1 Å². The molecule has 0 radical (unpaired) electrons. The predicted molar refractivity (Wildman–Crippen MR) is 71.4 cm³/mol. The van der Waals surface area contributed by atoms with E-state index in [1.807, 2.05) is 19.1 Å². The molecule has 0 atom stereocenters. The van der Waals surface area contributed by atoms with Gasteiger partial charge in [-0.3, -0.25) is 9.59 Å². The number of nitrogens with one attached hydrogen (secondary N) is 1. The highest BCUT2D eigenvalue weighted by Gasteiger charge is 2.12. The highest BCUT2D eigenvalue weighted by Crippen LogP contribution is 2.11. The molecule has 0 bridgehead atoms. The Morgan fingerprint density at radius 1 is 1.30 bits per heavy atom. The fourth-order valence-corrected chi connectivity index (χ4v) is 1.64. The highest BCUT2D eigenvalue weighted by atomic mass is 16.4. The van der Waals surface area contributed by atoms with Gasteiger partial charge in [-0.25, -0.2) is 4.68 Å². The van der Waals surface area contributed by atoms with E-state index in [0.29, 0.717) is 5.69 Å². The Hall–Kier alpha value is -2.70. The number of amides is 1. The molecule has 0 saturated heterocycles. The molecule has 0 spiro atoms. The lowest BCUT2D eigenvalue weighted by atomic mass is 10.1. The van der Waals surface area contributed by atoms with Crippen molar-refractivity contribution in [3.05, 3.63) is 41.7 Å².